The largest absolute Gasteiger partial charge is 0.368 e. The van der Waals surface area contributed by atoms with Gasteiger partial charge in [0.1, 0.15) is 17.3 Å². The maximum atomic E-state index is 13.3. The van der Waals surface area contributed by atoms with Crippen LogP contribution in [0, 0.1) is 11.6 Å². The number of anilines is 2. The highest BCUT2D eigenvalue weighted by molar-refractivity contribution is 7.99. The van der Waals surface area contributed by atoms with E-state index < -0.39 is 23.2 Å². The number of amides is 1. The summed E-state index contributed by atoms with van der Waals surface area (Å²) in [6.45, 7) is 0. The fourth-order valence-corrected chi connectivity index (χ4v) is 2.09. The lowest BCUT2D eigenvalue weighted by atomic mass is 10.3. The molecule has 0 fully saturated rings. The number of benzene rings is 1. The molecule has 3 N–H and O–H groups in total. The van der Waals surface area contributed by atoms with Crippen molar-refractivity contribution in [3.05, 3.63) is 29.8 Å². The predicted octanol–water partition coefficient (Wildman–Crippen LogP) is 1.41. The van der Waals surface area contributed by atoms with Crippen LogP contribution < -0.4 is 11.1 Å². The molecule has 0 unspecified atom stereocenters. The maximum absolute atomic E-state index is 13.3. The van der Waals surface area contributed by atoms with Crippen LogP contribution in [0.1, 0.15) is 0 Å². The van der Waals surface area contributed by atoms with Gasteiger partial charge < -0.3 is 11.1 Å². The SMILES string of the molecule is Cn1c(N)nnc1SCC(=O)Nc1c(F)cccc1F. The van der Waals surface area contributed by atoms with Crippen molar-refractivity contribution < 1.29 is 13.6 Å². The minimum absolute atomic E-state index is 0.0697. The molecular formula is C11H11F2N5OS. The van der Waals surface area contributed by atoms with Gasteiger partial charge in [-0.05, 0) is 12.1 Å². The number of hydrogen-bond donors (Lipinski definition) is 2. The number of halogens is 2. The Morgan fingerprint density at radius 3 is 2.60 bits per heavy atom. The number of thioether (sulfide) groups is 1. The second kappa shape index (κ2) is 5.87. The zero-order chi connectivity index (χ0) is 14.7. The van der Waals surface area contributed by atoms with Gasteiger partial charge in [-0.25, -0.2) is 8.78 Å². The molecule has 9 heteroatoms. The molecule has 106 valence electrons. The summed E-state index contributed by atoms with van der Waals surface area (Å²) >= 11 is 1.06. The highest BCUT2D eigenvalue weighted by Crippen LogP contribution is 2.20. The van der Waals surface area contributed by atoms with Crippen molar-refractivity contribution >= 4 is 29.3 Å². The first-order valence-electron chi connectivity index (χ1n) is 5.50. The second-order valence-corrected chi connectivity index (χ2v) is 4.78. The zero-order valence-electron chi connectivity index (χ0n) is 10.4. The van der Waals surface area contributed by atoms with Crippen molar-refractivity contribution in [3.63, 3.8) is 0 Å². The van der Waals surface area contributed by atoms with Gasteiger partial charge in [0.25, 0.3) is 0 Å². The topological polar surface area (TPSA) is 85.8 Å². The molecule has 1 heterocycles. The summed E-state index contributed by atoms with van der Waals surface area (Å²) in [5.74, 6) is -2.06. The van der Waals surface area contributed by atoms with Gasteiger partial charge in [-0.1, -0.05) is 17.8 Å². The second-order valence-electron chi connectivity index (χ2n) is 3.83. The minimum atomic E-state index is -0.828. The molecule has 0 spiro atoms. The predicted molar refractivity (Wildman–Crippen MR) is 71.1 cm³/mol. The molecule has 0 bridgehead atoms. The van der Waals surface area contributed by atoms with E-state index >= 15 is 0 Å². The summed E-state index contributed by atoms with van der Waals surface area (Å²) < 4.78 is 28.2. The average molecular weight is 299 g/mol. The van der Waals surface area contributed by atoms with Crippen LogP contribution >= 0.6 is 11.8 Å². The third-order valence-corrected chi connectivity index (χ3v) is 3.45. The van der Waals surface area contributed by atoms with Gasteiger partial charge in [-0.15, -0.1) is 10.2 Å². The summed E-state index contributed by atoms with van der Waals surface area (Å²) in [7, 11) is 1.64. The van der Waals surface area contributed by atoms with Crippen LogP contribution in [-0.4, -0.2) is 26.4 Å². The Bertz CT molecular complexity index is 625. The smallest absolute Gasteiger partial charge is 0.235 e. The first-order chi connectivity index (χ1) is 9.49. The van der Waals surface area contributed by atoms with Gasteiger partial charge in [-0.2, -0.15) is 0 Å². The normalized spacial score (nSPS) is 10.6. The Morgan fingerprint density at radius 1 is 1.40 bits per heavy atom. The third kappa shape index (κ3) is 3.05. The molecule has 0 atom stereocenters. The van der Waals surface area contributed by atoms with Crippen molar-refractivity contribution in [2.75, 3.05) is 16.8 Å². The molecule has 0 aliphatic carbocycles. The number of carbonyl (C=O) groups excluding carboxylic acids is 1. The molecule has 1 aromatic carbocycles. The fourth-order valence-electron chi connectivity index (χ4n) is 1.37. The van der Waals surface area contributed by atoms with Crippen LogP contribution in [0.25, 0.3) is 0 Å². The summed E-state index contributed by atoms with van der Waals surface area (Å²) in [4.78, 5) is 11.7. The van der Waals surface area contributed by atoms with E-state index in [1.54, 1.807) is 7.05 Å². The molecule has 0 aliphatic heterocycles. The van der Waals surface area contributed by atoms with E-state index in [4.69, 9.17) is 5.73 Å². The summed E-state index contributed by atoms with van der Waals surface area (Å²) in [5, 5.41) is 9.99. The maximum Gasteiger partial charge on any atom is 0.235 e. The summed E-state index contributed by atoms with van der Waals surface area (Å²) in [6, 6.07) is 3.35. The van der Waals surface area contributed by atoms with E-state index in [2.05, 4.69) is 15.5 Å². The molecule has 1 aromatic heterocycles. The molecule has 0 radical (unpaired) electrons. The van der Waals surface area contributed by atoms with Gasteiger partial charge >= 0.3 is 0 Å². The molecule has 0 saturated carbocycles. The van der Waals surface area contributed by atoms with Gasteiger partial charge in [0.2, 0.25) is 11.9 Å². The number of para-hydroxylation sites is 1. The molecule has 0 saturated heterocycles. The van der Waals surface area contributed by atoms with Crippen molar-refractivity contribution in [3.8, 4) is 0 Å². The first kappa shape index (κ1) is 14.3. The van der Waals surface area contributed by atoms with E-state index in [0.29, 0.717) is 5.16 Å². The van der Waals surface area contributed by atoms with Crippen LogP contribution in [-0.2, 0) is 11.8 Å². The highest BCUT2D eigenvalue weighted by atomic mass is 32.2. The van der Waals surface area contributed by atoms with E-state index in [9.17, 15) is 13.6 Å². The summed E-state index contributed by atoms with van der Waals surface area (Å²) in [6.07, 6.45) is 0. The molecule has 20 heavy (non-hydrogen) atoms. The molecule has 2 aromatic rings. The van der Waals surface area contributed by atoms with Gasteiger partial charge in [-0.3, -0.25) is 9.36 Å². The van der Waals surface area contributed by atoms with Crippen molar-refractivity contribution in [1.29, 1.82) is 0 Å². The molecular weight excluding hydrogens is 288 g/mol. The van der Waals surface area contributed by atoms with Crippen molar-refractivity contribution in [2.24, 2.45) is 7.05 Å². The number of nitrogens with two attached hydrogens (primary N) is 1. The number of nitrogens with one attached hydrogen (secondary N) is 1. The number of nitrogen functional groups attached to an aromatic ring is 1. The molecule has 1 amide bonds. The van der Waals surface area contributed by atoms with Crippen LogP contribution in [0.3, 0.4) is 0 Å². The fraction of sp³-hybridized carbons (Fsp3) is 0.182. The van der Waals surface area contributed by atoms with Gasteiger partial charge in [0.05, 0.1) is 5.75 Å². The molecule has 0 aliphatic rings. The number of aromatic nitrogens is 3. The van der Waals surface area contributed by atoms with Crippen molar-refractivity contribution in [1.82, 2.24) is 14.8 Å². The van der Waals surface area contributed by atoms with Crippen LogP contribution in [0.15, 0.2) is 23.4 Å². The highest BCUT2D eigenvalue weighted by Gasteiger charge is 2.13. The van der Waals surface area contributed by atoms with E-state index in [-0.39, 0.29) is 11.7 Å². The Morgan fingerprint density at radius 2 is 2.05 bits per heavy atom. The van der Waals surface area contributed by atoms with Crippen molar-refractivity contribution in [2.45, 2.75) is 5.16 Å². The lowest BCUT2D eigenvalue weighted by molar-refractivity contribution is -0.113. The standard InChI is InChI=1S/C11H11F2N5OS/c1-18-10(14)16-17-11(18)20-5-8(19)15-9-6(12)3-2-4-7(9)13/h2-4H,5H2,1H3,(H2,14,16)(H,15,19). The Hall–Kier alpha value is -2.16. The van der Waals surface area contributed by atoms with Crippen LogP contribution in [0.4, 0.5) is 20.4 Å². The van der Waals surface area contributed by atoms with Crippen LogP contribution in [0.2, 0.25) is 0 Å². The number of nitrogens with zero attached hydrogens (tertiary/aromatic N) is 3. The number of hydrogen-bond acceptors (Lipinski definition) is 5. The van der Waals surface area contributed by atoms with Crippen LogP contribution in [0.5, 0.6) is 0 Å². The van der Waals surface area contributed by atoms with Gasteiger partial charge in [0, 0.05) is 7.05 Å². The van der Waals surface area contributed by atoms with E-state index in [1.807, 2.05) is 0 Å². The minimum Gasteiger partial charge on any atom is -0.368 e. The molecule has 6 nitrogen and oxygen atoms in total. The zero-order valence-corrected chi connectivity index (χ0v) is 11.2. The lowest BCUT2D eigenvalue weighted by Gasteiger charge is -2.07. The molecule has 2 rings (SSSR count). The lowest BCUT2D eigenvalue weighted by Crippen LogP contribution is -2.16. The number of carbonyl (C=O) groups is 1. The number of rotatable bonds is 4. The van der Waals surface area contributed by atoms with Gasteiger partial charge in [0.15, 0.2) is 5.16 Å². The third-order valence-electron chi connectivity index (χ3n) is 2.43. The van der Waals surface area contributed by atoms with E-state index in [0.717, 1.165) is 23.9 Å². The monoisotopic (exact) mass is 299 g/mol. The average Bonchev–Trinajstić information content (AvgIpc) is 2.72. The Balaban J connectivity index is 1.98. The first-order valence-corrected chi connectivity index (χ1v) is 6.49. The summed E-state index contributed by atoms with van der Waals surface area (Å²) in [5.41, 5.74) is 5.02. The quantitative estimate of drug-likeness (QED) is 0.834. The Kier molecular flexibility index (Phi) is 4.18. The Labute approximate surface area is 117 Å². The van der Waals surface area contributed by atoms with E-state index in [1.165, 1.54) is 10.6 Å².